The van der Waals surface area contributed by atoms with Gasteiger partial charge >= 0.3 is 0 Å². The Morgan fingerprint density at radius 1 is 1.18 bits per heavy atom. The first-order valence-electron chi connectivity index (χ1n) is 6.71. The molecule has 0 fully saturated rings. The number of thiocarbonyl (C=S) groups is 1. The van der Waals surface area contributed by atoms with E-state index < -0.39 is 0 Å². The Morgan fingerprint density at radius 3 is 2.50 bits per heavy atom. The summed E-state index contributed by atoms with van der Waals surface area (Å²) in [5, 5.41) is 8.07. The van der Waals surface area contributed by atoms with Crippen LogP contribution in [-0.2, 0) is 0 Å². The van der Waals surface area contributed by atoms with Crippen LogP contribution in [0.15, 0.2) is 34.7 Å². The molecule has 2 aromatic heterocycles. The average Bonchev–Trinajstić information content (AvgIpc) is 2.36. The molecular weight excluding hydrogens is 316 g/mol. The van der Waals surface area contributed by atoms with E-state index in [2.05, 4.69) is 30.6 Å². The number of nitrogens with one attached hydrogen (secondary N) is 2. The zero-order valence-corrected chi connectivity index (χ0v) is 14.5. The van der Waals surface area contributed by atoms with Gasteiger partial charge in [0.05, 0.1) is 0 Å². The number of rotatable bonds is 3. The highest BCUT2D eigenvalue weighted by Gasteiger charge is 2.12. The number of aromatic nitrogens is 4. The van der Waals surface area contributed by atoms with Gasteiger partial charge in [-0.1, -0.05) is 0 Å². The number of hydrogen-bond donors (Lipinski definition) is 2. The predicted octanol–water partition coefficient (Wildman–Crippen LogP) is 2.81. The van der Waals surface area contributed by atoms with Gasteiger partial charge in [-0.3, -0.25) is 0 Å². The fourth-order valence-corrected chi connectivity index (χ4v) is 2.73. The molecule has 0 aliphatic rings. The maximum Gasteiger partial charge on any atom is 0.230 e. The van der Waals surface area contributed by atoms with Gasteiger partial charge in [-0.15, -0.1) is 0 Å². The molecule has 22 heavy (non-hydrogen) atoms. The molecule has 0 amide bonds. The van der Waals surface area contributed by atoms with Crippen LogP contribution in [0, 0.1) is 6.92 Å². The molecule has 0 aromatic carbocycles. The van der Waals surface area contributed by atoms with Crippen LogP contribution < -0.4 is 10.6 Å². The molecule has 0 bridgehead atoms. The van der Waals surface area contributed by atoms with Crippen molar-refractivity contribution in [3.8, 4) is 0 Å². The summed E-state index contributed by atoms with van der Waals surface area (Å²) in [4.78, 5) is 17.1. The van der Waals surface area contributed by atoms with Crippen molar-refractivity contribution in [1.29, 1.82) is 0 Å². The minimum absolute atomic E-state index is 0.122. The first-order chi connectivity index (χ1) is 10.3. The first-order valence-corrected chi connectivity index (χ1v) is 7.94. The Hall–Kier alpha value is -1.80. The summed E-state index contributed by atoms with van der Waals surface area (Å²) >= 11 is 6.65. The highest BCUT2D eigenvalue weighted by molar-refractivity contribution is 7.99. The lowest BCUT2D eigenvalue weighted by atomic mass is 10.1. The molecule has 0 spiro atoms. The summed E-state index contributed by atoms with van der Waals surface area (Å²) in [6, 6.07) is 3.66. The summed E-state index contributed by atoms with van der Waals surface area (Å²) in [7, 11) is 0. The van der Waals surface area contributed by atoms with Crippen LogP contribution in [0.25, 0.3) is 0 Å². The van der Waals surface area contributed by atoms with Crippen molar-refractivity contribution in [2.45, 2.75) is 43.4 Å². The van der Waals surface area contributed by atoms with Gasteiger partial charge in [0, 0.05) is 23.6 Å². The topological polar surface area (TPSA) is 75.6 Å². The van der Waals surface area contributed by atoms with E-state index in [0.717, 1.165) is 10.7 Å². The van der Waals surface area contributed by atoms with E-state index in [0.29, 0.717) is 16.2 Å². The summed E-state index contributed by atoms with van der Waals surface area (Å²) in [5.74, 6) is 0.459. The second-order valence-electron chi connectivity index (χ2n) is 5.63. The quantitative estimate of drug-likeness (QED) is 0.504. The van der Waals surface area contributed by atoms with Crippen molar-refractivity contribution in [3.05, 3.63) is 30.2 Å². The first kappa shape index (κ1) is 16.6. The van der Waals surface area contributed by atoms with Gasteiger partial charge in [0.25, 0.3) is 0 Å². The molecule has 0 aliphatic heterocycles. The zero-order valence-electron chi connectivity index (χ0n) is 12.9. The Balaban J connectivity index is 2.11. The molecule has 0 aliphatic carbocycles. The van der Waals surface area contributed by atoms with E-state index in [1.165, 1.54) is 11.8 Å². The number of aryl methyl sites for hydroxylation is 1. The molecule has 8 heteroatoms. The Kier molecular flexibility index (Phi) is 5.25. The lowest BCUT2D eigenvalue weighted by Gasteiger charge is -2.22. The third kappa shape index (κ3) is 5.53. The molecule has 116 valence electrons. The third-order valence-electron chi connectivity index (χ3n) is 2.28. The van der Waals surface area contributed by atoms with Crippen LogP contribution in [0.4, 0.5) is 5.95 Å². The molecule has 2 rings (SSSR count). The number of hydrogen-bond acceptors (Lipinski definition) is 6. The van der Waals surface area contributed by atoms with Crippen LogP contribution in [0.5, 0.6) is 0 Å². The predicted molar refractivity (Wildman–Crippen MR) is 92.0 cm³/mol. The molecule has 0 saturated heterocycles. The fraction of sp³-hybridized carbons (Fsp3) is 0.357. The fourth-order valence-electron chi connectivity index (χ4n) is 1.55. The van der Waals surface area contributed by atoms with Gasteiger partial charge < -0.3 is 10.6 Å². The second kappa shape index (κ2) is 6.97. The standard InChI is InChI=1S/C14H18N6S2/c1-9-8-10(22-13-15-6-5-7-16-13)18-11(17-9)19-12(21)20-14(2,3)4/h5-8H,1-4H3,(H2,17,18,19,20,21). The number of nitrogens with zero attached hydrogens (tertiary/aromatic N) is 4. The van der Waals surface area contributed by atoms with Crippen molar-refractivity contribution in [1.82, 2.24) is 25.3 Å². The van der Waals surface area contributed by atoms with Crippen LogP contribution in [0.1, 0.15) is 26.5 Å². The lowest BCUT2D eigenvalue weighted by Crippen LogP contribution is -2.43. The van der Waals surface area contributed by atoms with E-state index in [1.807, 2.05) is 33.8 Å². The summed E-state index contributed by atoms with van der Waals surface area (Å²) in [6.07, 6.45) is 3.40. The smallest absolute Gasteiger partial charge is 0.230 e. The number of anilines is 1. The van der Waals surface area contributed by atoms with Crippen molar-refractivity contribution in [2.75, 3.05) is 5.32 Å². The van der Waals surface area contributed by atoms with Gasteiger partial charge in [-0.25, -0.2) is 19.9 Å². The third-order valence-corrected chi connectivity index (χ3v) is 3.30. The minimum atomic E-state index is -0.122. The van der Waals surface area contributed by atoms with Crippen molar-refractivity contribution < 1.29 is 0 Å². The SMILES string of the molecule is Cc1cc(Sc2ncccn2)nc(NC(=S)NC(C)(C)C)n1. The van der Waals surface area contributed by atoms with E-state index in [9.17, 15) is 0 Å². The normalized spacial score (nSPS) is 11.1. The summed E-state index contributed by atoms with van der Waals surface area (Å²) in [5.41, 5.74) is 0.720. The summed E-state index contributed by atoms with van der Waals surface area (Å²) in [6.45, 7) is 8.01. The van der Waals surface area contributed by atoms with Crippen LogP contribution in [0.3, 0.4) is 0 Å². The largest absolute Gasteiger partial charge is 0.358 e. The van der Waals surface area contributed by atoms with Gasteiger partial charge in [-0.2, -0.15) is 0 Å². The minimum Gasteiger partial charge on any atom is -0.358 e. The lowest BCUT2D eigenvalue weighted by molar-refractivity contribution is 0.514. The van der Waals surface area contributed by atoms with Crippen LogP contribution in [-0.4, -0.2) is 30.6 Å². The van der Waals surface area contributed by atoms with Gasteiger partial charge in [0.2, 0.25) is 5.95 Å². The molecule has 0 unspecified atom stereocenters. The molecular formula is C14H18N6S2. The molecule has 0 radical (unpaired) electrons. The van der Waals surface area contributed by atoms with E-state index in [1.54, 1.807) is 18.5 Å². The molecule has 2 aromatic rings. The van der Waals surface area contributed by atoms with Crippen molar-refractivity contribution >= 4 is 35.0 Å². The zero-order chi connectivity index (χ0) is 16.2. The Bertz CT molecular complexity index is 654. The molecule has 0 saturated carbocycles. The monoisotopic (exact) mass is 334 g/mol. The average molecular weight is 334 g/mol. The molecule has 2 N–H and O–H groups in total. The highest BCUT2D eigenvalue weighted by Crippen LogP contribution is 2.23. The molecule has 0 atom stereocenters. The van der Waals surface area contributed by atoms with E-state index in [-0.39, 0.29) is 5.54 Å². The van der Waals surface area contributed by atoms with E-state index in [4.69, 9.17) is 12.2 Å². The van der Waals surface area contributed by atoms with Gasteiger partial charge in [0.15, 0.2) is 10.3 Å². The van der Waals surface area contributed by atoms with Gasteiger partial charge in [-0.05, 0) is 63.8 Å². The van der Waals surface area contributed by atoms with E-state index >= 15 is 0 Å². The molecule has 2 heterocycles. The second-order valence-corrected chi connectivity index (χ2v) is 7.03. The Morgan fingerprint density at radius 2 is 1.86 bits per heavy atom. The maximum absolute atomic E-state index is 5.27. The molecule has 6 nitrogen and oxygen atoms in total. The van der Waals surface area contributed by atoms with Crippen LogP contribution >= 0.6 is 24.0 Å². The van der Waals surface area contributed by atoms with Gasteiger partial charge in [0.1, 0.15) is 5.03 Å². The highest BCUT2D eigenvalue weighted by atomic mass is 32.2. The van der Waals surface area contributed by atoms with Crippen molar-refractivity contribution in [3.63, 3.8) is 0 Å². The maximum atomic E-state index is 5.27. The van der Waals surface area contributed by atoms with Crippen molar-refractivity contribution in [2.24, 2.45) is 0 Å². The Labute approximate surface area is 139 Å². The van der Waals surface area contributed by atoms with Crippen LogP contribution in [0.2, 0.25) is 0 Å². The summed E-state index contributed by atoms with van der Waals surface area (Å²) < 4.78 is 0.